The lowest BCUT2D eigenvalue weighted by Gasteiger charge is -2.10. The second-order valence-corrected chi connectivity index (χ2v) is 12.4. The lowest BCUT2D eigenvalue weighted by Crippen LogP contribution is -2.19. The van der Waals surface area contributed by atoms with Gasteiger partial charge < -0.3 is 20.1 Å². The SMILES string of the molecule is C.C.C.CC.CC.CC.CC.COc1cc(-c2ccc(C)c(OC)c2)ccc1C.Cc1ccc(-c2ccc(C)cc2)cc1.Cc1ccc(NC(=O)Nc2ccc(C)cc2)cc1. The van der Waals surface area contributed by atoms with E-state index in [2.05, 4.69) is 109 Å². The Morgan fingerprint density at radius 3 is 0.836 bits per heavy atom. The van der Waals surface area contributed by atoms with Gasteiger partial charge in [0.2, 0.25) is 0 Å². The number of carbonyl (C=O) groups is 1. The summed E-state index contributed by atoms with van der Waals surface area (Å²) in [5.74, 6) is 1.82. The highest BCUT2D eigenvalue weighted by molar-refractivity contribution is 5.99. The molecule has 0 aliphatic heterocycles. The Morgan fingerprint density at radius 1 is 0.361 bits per heavy atom. The first-order valence-corrected chi connectivity index (χ1v) is 20.7. The summed E-state index contributed by atoms with van der Waals surface area (Å²) >= 11 is 0. The van der Waals surface area contributed by atoms with E-state index in [0.29, 0.717) is 0 Å². The largest absolute Gasteiger partial charge is 0.496 e. The van der Waals surface area contributed by atoms with Gasteiger partial charge in [-0.05, 0) is 111 Å². The number of anilines is 2. The van der Waals surface area contributed by atoms with Crippen LogP contribution in [0, 0.1) is 41.5 Å². The minimum absolute atomic E-state index is 0. The standard InChI is InChI=1S/C16H18O2.C15H16N2O.C14H14.4C2H6.3CH4/c1-11-5-7-13(9-15(11)17-3)14-8-6-12(2)16(10-14)18-4;1-11-3-7-13(8-4-11)16-15(18)17-14-9-5-12(2)6-10-14;1-11-3-7-13(8-4-11)14-9-5-12(2)6-10-14;4*1-2;;;/h5-10H,1-4H3;3-10H,1-2H3,(H2,16,17,18);3-10H,1-2H3;4*1-2H3;3*1H4. The monoisotopic (exact) mass is 833 g/mol. The van der Waals surface area contributed by atoms with Crippen molar-refractivity contribution in [2.75, 3.05) is 24.9 Å². The first kappa shape index (κ1) is 61.8. The maximum atomic E-state index is 11.7. The molecular formula is C56H84N2O3. The molecule has 0 spiro atoms. The Hall–Kier alpha value is -5.81. The van der Waals surface area contributed by atoms with Crippen LogP contribution in [0.3, 0.4) is 0 Å². The Kier molecular flexibility index (Phi) is 36.6. The summed E-state index contributed by atoms with van der Waals surface area (Å²) in [6.07, 6.45) is 0. The van der Waals surface area contributed by atoms with E-state index < -0.39 is 0 Å². The second kappa shape index (κ2) is 36.1. The van der Waals surface area contributed by atoms with Crippen LogP contribution in [-0.2, 0) is 0 Å². The quantitative estimate of drug-likeness (QED) is 0.176. The van der Waals surface area contributed by atoms with Gasteiger partial charge in [0.15, 0.2) is 0 Å². The highest BCUT2D eigenvalue weighted by atomic mass is 16.5. The molecule has 2 amide bonds. The zero-order valence-corrected chi connectivity index (χ0v) is 38.4. The fourth-order valence-corrected chi connectivity index (χ4v) is 5.06. The van der Waals surface area contributed by atoms with E-state index in [1.165, 1.54) is 33.4 Å². The average Bonchev–Trinajstić information content (AvgIpc) is 3.27. The summed E-state index contributed by atoms with van der Waals surface area (Å²) in [7, 11) is 3.39. The van der Waals surface area contributed by atoms with E-state index >= 15 is 0 Å². The van der Waals surface area contributed by atoms with E-state index in [1.807, 2.05) is 132 Å². The number of benzene rings is 6. The molecule has 0 heterocycles. The second-order valence-electron chi connectivity index (χ2n) is 12.4. The summed E-state index contributed by atoms with van der Waals surface area (Å²) in [5, 5.41) is 5.56. The third-order valence-electron chi connectivity index (χ3n) is 8.20. The number of nitrogens with one attached hydrogen (secondary N) is 2. The first-order chi connectivity index (χ1) is 28.0. The predicted octanol–water partition coefficient (Wildman–Crippen LogP) is 17.9. The Balaban J connectivity index is -0.000000362. The molecule has 336 valence electrons. The molecule has 2 N–H and O–H groups in total. The van der Waals surface area contributed by atoms with Gasteiger partial charge in [-0.15, -0.1) is 0 Å². The first-order valence-electron chi connectivity index (χ1n) is 20.7. The van der Waals surface area contributed by atoms with E-state index in [0.717, 1.165) is 45.1 Å². The average molecular weight is 833 g/mol. The Bertz CT molecular complexity index is 1820. The molecule has 0 bridgehead atoms. The third kappa shape index (κ3) is 23.0. The molecule has 0 radical (unpaired) electrons. The number of amides is 2. The van der Waals surface area contributed by atoms with Crippen LogP contribution < -0.4 is 20.1 Å². The van der Waals surface area contributed by atoms with E-state index in [-0.39, 0.29) is 28.3 Å². The van der Waals surface area contributed by atoms with Gasteiger partial charge in [-0.2, -0.15) is 0 Å². The molecule has 0 aliphatic rings. The number of urea groups is 1. The minimum Gasteiger partial charge on any atom is -0.496 e. The van der Waals surface area contributed by atoms with Crippen molar-refractivity contribution in [3.8, 4) is 33.8 Å². The van der Waals surface area contributed by atoms with Gasteiger partial charge in [-0.1, -0.05) is 197 Å². The topological polar surface area (TPSA) is 59.6 Å². The van der Waals surface area contributed by atoms with E-state index in [9.17, 15) is 4.79 Å². The van der Waals surface area contributed by atoms with Gasteiger partial charge in [0.25, 0.3) is 0 Å². The fourth-order valence-electron chi connectivity index (χ4n) is 5.06. The molecule has 0 aromatic heterocycles. The summed E-state index contributed by atoms with van der Waals surface area (Å²) in [6, 6.07) is 44.8. The van der Waals surface area contributed by atoms with Crippen molar-refractivity contribution in [3.05, 3.63) is 167 Å². The molecule has 0 atom stereocenters. The maximum Gasteiger partial charge on any atom is 0.323 e. The van der Waals surface area contributed by atoms with Gasteiger partial charge >= 0.3 is 6.03 Å². The zero-order chi connectivity index (χ0) is 44.0. The minimum atomic E-state index is -0.234. The number of ether oxygens (including phenoxy) is 2. The van der Waals surface area contributed by atoms with Crippen LogP contribution in [0.2, 0.25) is 0 Å². The maximum absolute atomic E-state index is 11.7. The number of aryl methyl sites for hydroxylation is 6. The van der Waals surface area contributed by atoms with E-state index in [4.69, 9.17) is 9.47 Å². The van der Waals surface area contributed by atoms with Crippen LogP contribution in [-0.4, -0.2) is 20.3 Å². The molecule has 0 unspecified atom stereocenters. The molecule has 0 aliphatic carbocycles. The fraction of sp³-hybridized carbons (Fsp3) is 0.339. The number of methoxy groups -OCH3 is 2. The lowest BCUT2D eigenvalue weighted by molar-refractivity contribution is 0.262. The number of hydrogen-bond acceptors (Lipinski definition) is 3. The molecule has 6 aromatic rings. The predicted molar refractivity (Wildman–Crippen MR) is 276 cm³/mol. The molecule has 6 aromatic carbocycles. The van der Waals surface area contributed by atoms with Crippen molar-refractivity contribution in [2.24, 2.45) is 0 Å². The smallest absolute Gasteiger partial charge is 0.323 e. The van der Waals surface area contributed by atoms with Crippen molar-refractivity contribution < 1.29 is 14.3 Å². The molecular weight excluding hydrogens is 749 g/mol. The molecule has 0 fully saturated rings. The highest BCUT2D eigenvalue weighted by Gasteiger charge is 2.06. The molecule has 5 heteroatoms. The number of carbonyl (C=O) groups excluding carboxylic acids is 1. The molecule has 61 heavy (non-hydrogen) atoms. The van der Waals surface area contributed by atoms with E-state index in [1.54, 1.807) is 14.2 Å². The number of rotatable bonds is 6. The van der Waals surface area contributed by atoms with Gasteiger partial charge in [0, 0.05) is 11.4 Å². The van der Waals surface area contributed by atoms with Crippen LogP contribution in [0.1, 0.15) is 111 Å². The normalized spacial score (nSPS) is 8.66. The zero-order valence-electron chi connectivity index (χ0n) is 38.4. The highest BCUT2D eigenvalue weighted by Crippen LogP contribution is 2.30. The summed E-state index contributed by atoms with van der Waals surface area (Å²) < 4.78 is 10.7. The summed E-state index contributed by atoms with van der Waals surface area (Å²) in [5.41, 5.74) is 13.6. The Labute approximate surface area is 375 Å². The third-order valence-corrected chi connectivity index (χ3v) is 8.20. The molecule has 0 saturated heterocycles. The van der Waals surface area contributed by atoms with Crippen molar-refractivity contribution in [3.63, 3.8) is 0 Å². The molecule has 6 rings (SSSR count). The lowest BCUT2D eigenvalue weighted by atomic mass is 10.0. The van der Waals surface area contributed by atoms with Crippen LogP contribution in [0.5, 0.6) is 11.5 Å². The van der Waals surface area contributed by atoms with Gasteiger partial charge in [-0.25, -0.2) is 4.79 Å². The van der Waals surface area contributed by atoms with Crippen LogP contribution >= 0.6 is 0 Å². The van der Waals surface area contributed by atoms with Crippen molar-refractivity contribution in [2.45, 2.75) is 119 Å². The van der Waals surface area contributed by atoms with Crippen LogP contribution in [0.4, 0.5) is 16.2 Å². The van der Waals surface area contributed by atoms with Crippen molar-refractivity contribution in [1.29, 1.82) is 0 Å². The summed E-state index contributed by atoms with van der Waals surface area (Å²) in [4.78, 5) is 11.7. The van der Waals surface area contributed by atoms with Gasteiger partial charge in [0.1, 0.15) is 11.5 Å². The Morgan fingerprint density at radius 2 is 0.590 bits per heavy atom. The van der Waals surface area contributed by atoms with Crippen molar-refractivity contribution in [1.82, 2.24) is 0 Å². The van der Waals surface area contributed by atoms with Crippen LogP contribution in [0.25, 0.3) is 22.3 Å². The van der Waals surface area contributed by atoms with Crippen molar-refractivity contribution >= 4 is 17.4 Å². The van der Waals surface area contributed by atoms with Gasteiger partial charge in [-0.3, -0.25) is 0 Å². The number of hydrogen-bond donors (Lipinski definition) is 2. The molecule has 0 saturated carbocycles. The van der Waals surface area contributed by atoms with Gasteiger partial charge in [0.05, 0.1) is 14.2 Å². The van der Waals surface area contributed by atoms with Crippen LogP contribution in [0.15, 0.2) is 133 Å². The summed E-state index contributed by atoms with van der Waals surface area (Å²) in [6.45, 7) is 28.3. The molecule has 5 nitrogen and oxygen atoms in total.